The Morgan fingerprint density at radius 1 is 1.00 bits per heavy atom. The molecule has 0 spiro atoms. The van der Waals surface area contributed by atoms with Crippen LogP contribution >= 0.6 is 0 Å². The Morgan fingerprint density at radius 3 is 2.09 bits per heavy atom. The predicted molar refractivity (Wildman–Crippen MR) is 121 cm³/mol. The fourth-order valence-corrected chi connectivity index (χ4v) is 7.82. The molecule has 174 valence electrons. The number of aromatic nitrogens is 2. The first-order chi connectivity index (χ1) is 15.1. The Kier molecular flexibility index (Phi) is 5.14. The zero-order valence-corrected chi connectivity index (χ0v) is 19.7. The van der Waals surface area contributed by atoms with Gasteiger partial charge in [-0.05, 0) is 81.4 Å². The molecule has 0 saturated heterocycles. The minimum Gasteiger partial charge on any atom is -0.371 e. The van der Waals surface area contributed by atoms with E-state index in [1.807, 2.05) is 6.92 Å². The molecule has 1 heterocycles. The maximum absolute atomic E-state index is 13.0. The number of benzene rings is 1. The number of aryl methyl sites for hydroxylation is 2. The third-order valence-corrected chi connectivity index (χ3v) is 9.19. The molecule has 32 heavy (non-hydrogen) atoms. The summed E-state index contributed by atoms with van der Waals surface area (Å²) in [7, 11) is -0.827. The molecule has 4 bridgehead atoms. The van der Waals surface area contributed by atoms with E-state index in [1.54, 1.807) is 6.07 Å². The molecular formula is C23H31N3O5S. The van der Waals surface area contributed by atoms with Gasteiger partial charge in [0.1, 0.15) is 0 Å². The lowest BCUT2D eigenvalue weighted by atomic mass is 9.54. The Bertz CT molecular complexity index is 1260. The summed E-state index contributed by atoms with van der Waals surface area (Å²) in [5, 5.41) is 0. The molecule has 0 amide bonds. The van der Waals surface area contributed by atoms with Gasteiger partial charge in [-0.3, -0.25) is 9.59 Å². The van der Waals surface area contributed by atoms with Gasteiger partial charge in [0.15, 0.2) is 0 Å². The van der Waals surface area contributed by atoms with E-state index in [0.29, 0.717) is 11.0 Å². The Balaban J connectivity index is 1.32. The van der Waals surface area contributed by atoms with Crippen molar-refractivity contribution in [1.82, 2.24) is 13.9 Å². The van der Waals surface area contributed by atoms with Gasteiger partial charge in [0.2, 0.25) is 10.0 Å². The van der Waals surface area contributed by atoms with Crippen LogP contribution in [0.5, 0.6) is 0 Å². The Morgan fingerprint density at radius 2 is 1.53 bits per heavy atom. The van der Waals surface area contributed by atoms with Crippen molar-refractivity contribution in [3.63, 3.8) is 0 Å². The van der Waals surface area contributed by atoms with Crippen molar-refractivity contribution >= 4 is 21.1 Å². The topological polar surface area (TPSA) is 99.4 Å². The summed E-state index contributed by atoms with van der Waals surface area (Å²) in [6.07, 6.45) is 7.08. The molecule has 4 aliphatic carbocycles. The largest absolute Gasteiger partial charge is 0.371 e. The Labute approximate surface area is 187 Å². The highest BCUT2D eigenvalue weighted by molar-refractivity contribution is 7.89. The van der Waals surface area contributed by atoms with Crippen LogP contribution in [0.2, 0.25) is 0 Å². The first-order valence-electron chi connectivity index (χ1n) is 11.4. The second kappa shape index (κ2) is 7.53. The highest BCUT2D eigenvalue weighted by atomic mass is 32.2. The molecule has 1 aromatic carbocycles. The molecule has 4 aliphatic rings. The van der Waals surface area contributed by atoms with Crippen molar-refractivity contribution in [1.29, 1.82) is 0 Å². The van der Waals surface area contributed by atoms with Crippen molar-refractivity contribution in [3.05, 3.63) is 38.9 Å². The van der Waals surface area contributed by atoms with Gasteiger partial charge in [-0.1, -0.05) is 0 Å². The molecule has 0 radical (unpaired) electrons. The third-order valence-electron chi connectivity index (χ3n) is 7.77. The molecule has 1 N–H and O–H groups in total. The molecular weight excluding hydrogens is 430 g/mol. The van der Waals surface area contributed by atoms with Crippen LogP contribution in [0.4, 0.5) is 0 Å². The van der Waals surface area contributed by atoms with Crippen molar-refractivity contribution < 1.29 is 13.2 Å². The van der Waals surface area contributed by atoms with Gasteiger partial charge in [0.25, 0.3) is 0 Å². The second-order valence-electron chi connectivity index (χ2n) is 10.3. The maximum atomic E-state index is 13.0. The van der Waals surface area contributed by atoms with Crippen LogP contribution in [-0.4, -0.2) is 35.8 Å². The van der Waals surface area contributed by atoms with E-state index in [1.165, 1.54) is 54.6 Å². The fraction of sp³-hybridized carbons (Fsp3) is 0.652. The number of rotatable bonds is 6. The molecule has 0 unspecified atom stereocenters. The summed E-state index contributed by atoms with van der Waals surface area (Å²) in [4.78, 5) is 24.2. The van der Waals surface area contributed by atoms with Crippen molar-refractivity contribution in [3.8, 4) is 0 Å². The Hall–Kier alpha value is -1.97. The lowest BCUT2D eigenvalue weighted by Crippen LogP contribution is -2.53. The number of hydrogen-bond donors (Lipinski definition) is 1. The van der Waals surface area contributed by atoms with E-state index in [9.17, 15) is 18.0 Å². The highest BCUT2D eigenvalue weighted by Gasteiger charge is 2.52. The average molecular weight is 462 g/mol. The number of hydrogen-bond acceptors (Lipinski definition) is 5. The summed E-state index contributed by atoms with van der Waals surface area (Å²) >= 11 is 0. The SMILES string of the molecule is C[C@@H](CNS(=O)(=O)c1ccc2c(c1)n(C)c(=O)c(=O)n2C)OC12CC3CC(CC(C3)C1)C2. The van der Waals surface area contributed by atoms with E-state index in [0.717, 1.165) is 37.0 Å². The number of sulfonamides is 1. The average Bonchev–Trinajstić information content (AvgIpc) is 2.73. The van der Waals surface area contributed by atoms with Crippen molar-refractivity contribution in [2.45, 2.75) is 62.0 Å². The van der Waals surface area contributed by atoms with Gasteiger partial charge in [-0.2, -0.15) is 0 Å². The molecule has 0 aliphatic heterocycles. The molecule has 6 rings (SSSR count). The lowest BCUT2D eigenvalue weighted by Gasteiger charge is -2.57. The number of nitrogens with one attached hydrogen (secondary N) is 1. The van der Waals surface area contributed by atoms with E-state index >= 15 is 0 Å². The van der Waals surface area contributed by atoms with Gasteiger partial charge in [0.05, 0.1) is 27.6 Å². The van der Waals surface area contributed by atoms with Crippen LogP contribution in [0.1, 0.15) is 45.4 Å². The van der Waals surface area contributed by atoms with Crippen molar-refractivity contribution in [2.75, 3.05) is 6.54 Å². The smallest absolute Gasteiger partial charge is 0.316 e. The van der Waals surface area contributed by atoms with Crippen LogP contribution in [0.25, 0.3) is 11.0 Å². The molecule has 1 atom stereocenters. The predicted octanol–water partition coefficient (Wildman–Crippen LogP) is 1.89. The van der Waals surface area contributed by atoms with Gasteiger partial charge < -0.3 is 13.9 Å². The van der Waals surface area contributed by atoms with Gasteiger partial charge >= 0.3 is 11.1 Å². The van der Waals surface area contributed by atoms with Gasteiger partial charge in [-0.25, -0.2) is 13.1 Å². The minimum absolute atomic E-state index is 0.0562. The number of ether oxygens (including phenoxy) is 1. The first kappa shape index (κ1) is 21.9. The van der Waals surface area contributed by atoms with Crippen LogP contribution in [0.3, 0.4) is 0 Å². The summed E-state index contributed by atoms with van der Waals surface area (Å²) < 4.78 is 37.5. The summed E-state index contributed by atoms with van der Waals surface area (Å²) in [6.45, 7) is 2.12. The zero-order chi connectivity index (χ0) is 22.8. The zero-order valence-electron chi connectivity index (χ0n) is 18.8. The van der Waals surface area contributed by atoms with Crippen LogP contribution in [-0.2, 0) is 28.9 Å². The molecule has 4 saturated carbocycles. The van der Waals surface area contributed by atoms with Crippen molar-refractivity contribution in [2.24, 2.45) is 31.8 Å². The standard InChI is InChI=1S/C23H31N3O5S/c1-14(31-23-10-15-6-16(11-23)8-17(7-15)12-23)13-24-32(29,30)18-4-5-19-20(9-18)26(3)22(28)21(27)25(19)2/h4-5,9,14-17,24H,6-8,10-13H2,1-3H3/t14-,15?,16?,17?,23?/m0/s1. The number of nitrogens with zero attached hydrogens (tertiary/aromatic N) is 2. The van der Waals surface area contributed by atoms with E-state index in [2.05, 4.69) is 4.72 Å². The third kappa shape index (κ3) is 3.64. The summed E-state index contributed by atoms with van der Waals surface area (Å²) in [5.41, 5.74) is -0.539. The molecule has 4 fully saturated rings. The van der Waals surface area contributed by atoms with E-state index in [4.69, 9.17) is 4.74 Å². The monoisotopic (exact) mass is 461 g/mol. The fourth-order valence-electron chi connectivity index (χ4n) is 6.68. The van der Waals surface area contributed by atoms with Gasteiger partial charge in [0, 0.05) is 20.6 Å². The highest BCUT2D eigenvalue weighted by Crippen LogP contribution is 2.57. The van der Waals surface area contributed by atoms with Crippen LogP contribution in [0, 0.1) is 17.8 Å². The summed E-state index contributed by atoms with van der Waals surface area (Å²) in [5.74, 6) is 2.31. The lowest BCUT2D eigenvalue weighted by molar-refractivity contribution is -0.182. The quantitative estimate of drug-likeness (QED) is 0.663. The number of fused-ring (bicyclic) bond motifs is 1. The van der Waals surface area contributed by atoms with E-state index in [-0.39, 0.29) is 23.1 Å². The maximum Gasteiger partial charge on any atom is 0.316 e. The van der Waals surface area contributed by atoms with Gasteiger partial charge in [-0.15, -0.1) is 0 Å². The van der Waals surface area contributed by atoms with Crippen LogP contribution < -0.4 is 15.8 Å². The van der Waals surface area contributed by atoms with Crippen LogP contribution in [0.15, 0.2) is 32.7 Å². The second-order valence-corrected chi connectivity index (χ2v) is 12.0. The molecule has 8 nitrogen and oxygen atoms in total. The summed E-state index contributed by atoms with van der Waals surface area (Å²) in [6, 6.07) is 4.45. The van der Waals surface area contributed by atoms with E-state index < -0.39 is 21.1 Å². The molecule has 2 aromatic rings. The molecule has 1 aromatic heterocycles. The minimum atomic E-state index is -3.80. The molecule has 9 heteroatoms. The normalized spacial score (nSPS) is 30.2. The first-order valence-corrected chi connectivity index (χ1v) is 12.9.